The van der Waals surface area contributed by atoms with Gasteiger partial charge in [0.2, 0.25) is 5.75 Å². The Bertz CT molecular complexity index is 1140. The van der Waals surface area contributed by atoms with Crippen LogP contribution in [-0.2, 0) is 11.4 Å². The first-order chi connectivity index (χ1) is 17.0. The minimum atomic E-state index is -0.482. The van der Waals surface area contributed by atoms with Crippen molar-refractivity contribution in [3.63, 3.8) is 0 Å². The van der Waals surface area contributed by atoms with Gasteiger partial charge in [-0.1, -0.05) is 30.3 Å². The summed E-state index contributed by atoms with van der Waals surface area (Å²) in [6.07, 6.45) is 1.50. The summed E-state index contributed by atoms with van der Waals surface area (Å²) >= 11 is 0. The van der Waals surface area contributed by atoms with Crippen molar-refractivity contribution in [3.8, 4) is 23.0 Å². The number of benzene rings is 3. The van der Waals surface area contributed by atoms with Crippen LogP contribution in [-0.4, -0.2) is 45.9 Å². The van der Waals surface area contributed by atoms with E-state index in [1.165, 1.54) is 39.7 Å². The first-order valence-electron chi connectivity index (χ1n) is 10.7. The number of hydrogen-bond donors (Lipinski definition) is 2. The van der Waals surface area contributed by atoms with Crippen LogP contribution < -0.4 is 29.7 Å². The van der Waals surface area contributed by atoms with Gasteiger partial charge in [0.1, 0.15) is 12.4 Å². The third kappa shape index (κ3) is 7.23. The van der Waals surface area contributed by atoms with Gasteiger partial charge in [-0.25, -0.2) is 5.43 Å². The second kappa shape index (κ2) is 12.6. The van der Waals surface area contributed by atoms with Gasteiger partial charge in [-0.3, -0.25) is 9.59 Å². The van der Waals surface area contributed by atoms with E-state index < -0.39 is 11.8 Å². The third-order valence-electron chi connectivity index (χ3n) is 4.87. The number of hydrogen-bond acceptors (Lipinski definition) is 7. The van der Waals surface area contributed by atoms with E-state index in [1.807, 2.05) is 54.6 Å². The van der Waals surface area contributed by atoms with Gasteiger partial charge in [0.25, 0.3) is 11.8 Å². The number of nitrogens with one attached hydrogen (secondary N) is 2. The van der Waals surface area contributed by atoms with E-state index in [9.17, 15) is 9.59 Å². The minimum absolute atomic E-state index is 0.255. The Labute approximate surface area is 203 Å². The quantitative estimate of drug-likeness (QED) is 0.325. The summed E-state index contributed by atoms with van der Waals surface area (Å²) < 4.78 is 21.5. The number of carbonyl (C=O) groups is 2. The summed E-state index contributed by atoms with van der Waals surface area (Å²) in [5.74, 6) is 0.809. The Morgan fingerprint density at radius 3 is 2.14 bits per heavy atom. The molecule has 3 aromatic carbocycles. The van der Waals surface area contributed by atoms with Crippen LogP contribution in [0.15, 0.2) is 71.8 Å². The molecule has 0 atom stereocenters. The van der Waals surface area contributed by atoms with Gasteiger partial charge in [0, 0.05) is 5.56 Å². The van der Waals surface area contributed by atoms with Crippen molar-refractivity contribution >= 4 is 18.0 Å². The van der Waals surface area contributed by atoms with Crippen LogP contribution in [0.4, 0.5) is 0 Å². The molecule has 0 saturated heterocycles. The molecule has 0 unspecified atom stereocenters. The van der Waals surface area contributed by atoms with Crippen molar-refractivity contribution in [2.75, 3.05) is 27.9 Å². The molecule has 0 heterocycles. The first kappa shape index (κ1) is 25.1. The summed E-state index contributed by atoms with van der Waals surface area (Å²) in [5.41, 5.74) is 4.49. The lowest BCUT2D eigenvalue weighted by molar-refractivity contribution is -0.120. The lowest BCUT2D eigenvalue weighted by Crippen LogP contribution is -2.34. The molecular formula is C26H27N3O6. The molecule has 0 bridgehead atoms. The maximum Gasteiger partial charge on any atom is 0.259 e. The van der Waals surface area contributed by atoms with E-state index >= 15 is 0 Å². The van der Waals surface area contributed by atoms with Crippen LogP contribution >= 0.6 is 0 Å². The van der Waals surface area contributed by atoms with Gasteiger partial charge >= 0.3 is 0 Å². The van der Waals surface area contributed by atoms with Crippen molar-refractivity contribution in [2.24, 2.45) is 5.10 Å². The molecule has 0 aliphatic carbocycles. The third-order valence-corrected chi connectivity index (χ3v) is 4.87. The maximum atomic E-state index is 12.5. The first-order valence-corrected chi connectivity index (χ1v) is 10.7. The van der Waals surface area contributed by atoms with Gasteiger partial charge in [0.05, 0.1) is 34.1 Å². The van der Waals surface area contributed by atoms with E-state index in [0.717, 1.165) is 16.9 Å². The van der Waals surface area contributed by atoms with Crippen molar-refractivity contribution in [1.29, 1.82) is 0 Å². The Morgan fingerprint density at radius 2 is 1.54 bits per heavy atom. The highest BCUT2D eigenvalue weighted by Gasteiger charge is 2.17. The summed E-state index contributed by atoms with van der Waals surface area (Å²) in [6.45, 7) is 0.214. The fourth-order valence-electron chi connectivity index (χ4n) is 3.08. The van der Waals surface area contributed by atoms with Gasteiger partial charge in [-0.2, -0.15) is 5.10 Å². The molecule has 0 radical (unpaired) electrons. The molecule has 182 valence electrons. The molecule has 2 amide bonds. The van der Waals surface area contributed by atoms with Gasteiger partial charge in [-0.05, 0) is 47.5 Å². The second-order valence-corrected chi connectivity index (χ2v) is 7.23. The van der Waals surface area contributed by atoms with Crippen LogP contribution in [0.2, 0.25) is 0 Å². The number of methoxy groups -OCH3 is 3. The zero-order chi connectivity index (χ0) is 25.0. The number of carbonyl (C=O) groups excluding carboxylic acids is 2. The number of rotatable bonds is 11. The average molecular weight is 478 g/mol. The number of nitrogens with zero attached hydrogens (tertiary/aromatic N) is 1. The fourth-order valence-corrected chi connectivity index (χ4v) is 3.08. The average Bonchev–Trinajstić information content (AvgIpc) is 2.90. The van der Waals surface area contributed by atoms with E-state index in [0.29, 0.717) is 23.9 Å². The predicted molar refractivity (Wildman–Crippen MR) is 131 cm³/mol. The minimum Gasteiger partial charge on any atom is -0.493 e. The Balaban J connectivity index is 1.47. The zero-order valence-corrected chi connectivity index (χ0v) is 19.7. The highest BCUT2D eigenvalue weighted by Crippen LogP contribution is 2.38. The summed E-state index contributed by atoms with van der Waals surface area (Å²) in [6, 6.07) is 20.2. The molecule has 0 aliphatic rings. The number of ether oxygens (including phenoxy) is 4. The summed E-state index contributed by atoms with van der Waals surface area (Å²) in [5, 5.41) is 6.45. The smallest absolute Gasteiger partial charge is 0.259 e. The van der Waals surface area contributed by atoms with Crippen LogP contribution in [0.5, 0.6) is 23.0 Å². The molecule has 2 N–H and O–H groups in total. The topological polar surface area (TPSA) is 107 Å². The number of hydrazone groups is 1. The zero-order valence-electron chi connectivity index (χ0n) is 19.7. The highest BCUT2D eigenvalue weighted by atomic mass is 16.5. The van der Waals surface area contributed by atoms with Gasteiger partial charge in [0.15, 0.2) is 11.5 Å². The molecule has 9 nitrogen and oxygen atoms in total. The molecule has 0 aliphatic heterocycles. The van der Waals surface area contributed by atoms with Gasteiger partial charge < -0.3 is 24.3 Å². The molecule has 3 rings (SSSR count). The fraction of sp³-hybridized carbons (Fsp3) is 0.192. The Morgan fingerprint density at radius 1 is 0.886 bits per heavy atom. The molecule has 9 heteroatoms. The molecule has 0 saturated carbocycles. The van der Waals surface area contributed by atoms with Gasteiger partial charge in [-0.15, -0.1) is 0 Å². The normalized spacial score (nSPS) is 10.5. The molecular weight excluding hydrogens is 450 g/mol. The summed E-state index contributed by atoms with van der Waals surface area (Å²) in [7, 11) is 4.38. The van der Waals surface area contributed by atoms with Crippen molar-refractivity contribution < 1.29 is 28.5 Å². The SMILES string of the molecule is COc1cc(C(=O)NCC(=O)NN=Cc2ccc(OCc3ccccc3)cc2)cc(OC)c1OC. The molecule has 3 aromatic rings. The van der Waals surface area contributed by atoms with E-state index in [2.05, 4.69) is 15.8 Å². The van der Waals surface area contributed by atoms with Crippen LogP contribution in [0.3, 0.4) is 0 Å². The number of amides is 2. The van der Waals surface area contributed by atoms with Crippen LogP contribution in [0.25, 0.3) is 0 Å². The molecule has 0 aromatic heterocycles. The van der Waals surface area contributed by atoms with Crippen molar-refractivity contribution in [2.45, 2.75) is 6.61 Å². The largest absolute Gasteiger partial charge is 0.493 e. The van der Waals surface area contributed by atoms with Crippen molar-refractivity contribution in [1.82, 2.24) is 10.7 Å². The van der Waals surface area contributed by atoms with E-state index in [-0.39, 0.29) is 12.1 Å². The lowest BCUT2D eigenvalue weighted by atomic mass is 10.1. The Kier molecular flexibility index (Phi) is 9.07. The van der Waals surface area contributed by atoms with E-state index in [4.69, 9.17) is 18.9 Å². The van der Waals surface area contributed by atoms with E-state index in [1.54, 1.807) is 0 Å². The van der Waals surface area contributed by atoms with Crippen molar-refractivity contribution in [3.05, 3.63) is 83.4 Å². The van der Waals surface area contributed by atoms with Crippen LogP contribution in [0.1, 0.15) is 21.5 Å². The summed E-state index contributed by atoms with van der Waals surface area (Å²) in [4.78, 5) is 24.5. The standard InChI is InChI=1S/C26H27N3O6/c1-32-22-13-20(14-23(33-2)25(22)34-3)26(31)27-16-24(30)29-28-15-18-9-11-21(12-10-18)35-17-19-7-5-4-6-8-19/h4-15H,16-17H2,1-3H3,(H,27,31)(H,29,30). The molecule has 0 fully saturated rings. The molecule has 0 spiro atoms. The molecule has 35 heavy (non-hydrogen) atoms. The predicted octanol–water partition coefficient (Wildman–Crippen LogP) is 3.17. The highest BCUT2D eigenvalue weighted by molar-refractivity contribution is 5.97. The lowest BCUT2D eigenvalue weighted by Gasteiger charge is -2.14. The Hall–Kier alpha value is -4.53. The second-order valence-electron chi connectivity index (χ2n) is 7.23. The monoisotopic (exact) mass is 477 g/mol. The van der Waals surface area contributed by atoms with Crippen LogP contribution in [0, 0.1) is 0 Å². The maximum absolute atomic E-state index is 12.5.